The molecule has 74 valence electrons. The van der Waals surface area contributed by atoms with E-state index >= 15 is 0 Å². The van der Waals surface area contributed by atoms with Crippen LogP contribution < -0.4 is 0 Å². The van der Waals surface area contributed by atoms with E-state index < -0.39 is 0 Å². The van der Waals surface area contributed by atoms with Crippen LogP contribution in [0.4, 0.5) is 0 Å². The number of hydrogen-bond donors (Lipinski definition) is 0. The molecule has 1 rings (SSSR count). The molecule has 0 unspecified atom stereocenters. The van der Waals surface area contributed by atoms with Crippen molar-refractivity contribution >= 4 is 5.78 Å². The predicted octanol–water partition coefficient (Wildman–Crippen LogP) is 0.851. The monoisotopic (exact) mass is 184 g/mol. The molecule has 0 aromatic carbocycles. The fraction of sp³-hybridized carbons (Fsp3) is 0.750. The molecule has 0 bridgehead atoms. The van der Waals surface area contributed by atoms with E-state index in [9.17, 15) is 4.79 Å². The van der Waals surface area contributed by atoms with Crippen LogP contribution in [0.1, 0.15) is 33.5 Å². The summed E-state index contributed by atoms with van der Waals surface area (Å²) < 4.78 is 0. The van der Waals surface area contributed by atoms with Gasteiger partial charge in [0.25, 0.3) is 0 Å². The Balaban J connectivity index is 0.000000671. The van der Waals surface area contributed by atoms with Gasteiger partial charge in [-0.05, 0) is 19.1 Å². The molecule has 0 atom stereocenters. The maximum Gasteiger partial charge on any atom is 0.182 e. The van der Waals surface area contributed by atoms with Crippen molar-refractivity contribution in [3.8, 4) is 0 Å². The number of aryl methyl sites for hydroxylation is 1. The van der Waals surface area contributed by atoms with Gasteiger partial charge in [0.1, 0.15) is 5.78 Å². The molecule has 13 heavy (non-hydrogen) atoms. The van der Waals surface area contributed by atoms with Gasteiger partial charge in [0.05, 0.1) is 13.0 Å². The van der Waals surface area contributed by atoms with Crippen LogP contribution in [0.3, 0.4) is 0 Å². The standard InChI is InChI=1S/C6H10N4O.C2H6/c1-3-10-8-6(7-9-10)4-5(2)11;1-2/h3-4H2,1-2H3;1-2H3. The Kier molecular flexibility index (Phi) is 5.67. The summed E-state index contributed by atoms with van der Waals surface area (Å²) in [6.45, 7) is 8.11. The van der Waals surface area contributed by atoms with Gasteiger partial charge >= 0.3 is 0 Å². The molecule has 0 radical (unpaired) electrons. The van der Waals surface area contributed by atoms with Crippen LogP contribution in [0.5, 0.6) is 0 Å². The number of hydrogen-bond acceptors (Lipinski definition) is 4. The molecule has 0 fully saturated rings. The number of Topliss-reactive ketones (excluding diaryl/α,β-unsaturated/α-hetero) is 1. The van der Waals surface area contributed by atoms with E-state index in [2.05, 4.69) is 15.4 Å². The van der Waals surface area contributed by atoms with E-state index in [1.54, 1.807) is 0 Å². The second-order valence-corrected chi connectivity index (χ2v) is 2.27. The van der Waals surface area contributed by atoms with E-state index in [1.807, 2.05) is 20.8 Å². The number of carbonyl (C=O) groups is 1. The summed E-state index contributed by atoms with van der Waals surface area (Å²) in [5.41, 5.74) is 0. The summed E-state index contributed by atoms with van der Waals surface area (Å²) in [4.78, 5) is 12.1. The van der Waals surface area contributed by atoms with Crippen LogP contribution in [-0.4, -0.2) is 26.0 Å². The smallest absolute Gasteiger partial charge is 0.182 e. The van der Waals surface area contributed by atoms with Gasteiger partial charge in [0.15, 0.2) is 5.82 Å². The zero-order valence-corrected chi connectivity index (χ0v) is 8.61. The maximum atomic E-state index is 10.6. The van der Waals surface area contributed by atoms with Crippen molar-refractivity contribution in [2.45, 2.75) is 40.7 Å². The van der Waals surface area contributed by atoms with Gasteiger partial charge in [-0.15, -0.1) is 10.2 Å². The van der Waals surface area contributed by atoms with E-state index in [1.165, 1.54) is 11.7 Å². The van der Waals surface area contributed by atoms with Crippen molar-refractivity contribution in [2.75, 3.05) is 0 Å². The molecule has 0 aliphatic rings. The van der Waals surface area contributed by atoms with Crippen LogP contribution in [-0.2, 0) is 17.8 Å². The molecular weight excluding hydrogens is 168 g/mol. The minimum absolute atomic E-state index is 0.0562. The van der Waals surface area contributed by atoms with Crippen molar-refractivity contribution in [1.29, 1.82) is 0 Å². The fourth-order valence-corrected chi connectivity index (χ4v) is 0.704. The van der Waals surface area contributed by atoms with Crippen molar-refractivity contribution in [2.24, 2.45) is 0 Å². The molecular formula is C8H16N4O. The maximum absolute atomic E-state index is 10.6. The van der Waals surface area contributed by atoms with Crippen LogP contribution >= 0.6 is 0 Å². The van der Waals surface area contributed by atoms with Crippen molar-refractivity contribution in [3.05, 3.63) is 5.82 Å². The molecule has 1 aromatic heterocycles. The highest BCUT2D eigenvalue weighted by Gasteiger charge is 2.03. The largest absolute Gasteiger partial charge is 0.300 e. The van der Waals surface area contributed by atoms with E-state index in [0.29, 0.717) is 12.4 Å². The number of rotatable bonds is 3. The molecule has 0 aliphatic heterocycles. The summed E-state index contributed by atoms with van der Waals surface area (Å²) in [6, 6.07) is 0. The van der Waals surface area contributed by atoms with Crippen molar-refractivity contribution in [3.63, 3.8) is 0 Å². The highest BCUT2D eigenvalue weighted by molar-refractivity contribution is 5.77. The normalized spacial score (nSPS) is 8.92. The predicted molar refractivity (Wildman–Crippen MR) is 49.2 cm³/mol. The first kappa shape index (κ1) is 11.7. The summed E-state index contributed by atoms with van der Waals surface area (Å²) in [6.07, 6.45) is 0.278. The SMILES string of the molecule is CC.CCn1nnc(CC(C)=O)n1. The Labute approximate surface area is 78.1 Å². The Morgan fingerprint density at radius 3 is 2.46 bits per heavy atom. The van der Waals surface area contributed by atoms with Crippen LogP contribution in [0, 0.1) is 0 Å². The van der Waals surface area contributed by atoms with E-state index in [-0.39, 0.29) is 12.2 Å². The lowest BCUT2D eigenvalue weighted by Crippen LogP contribution is -2.01. The molecule has 1 aromatic rings. The van der Waals surface area contributed by atoms with Crippen LogP contribution in [0.25, 0.3) is 0 Å². The lowest BCUT2D eigenvalue weighted by molar-refractivity contribution is -0.116. The average Bonchev–Trinajstić information content (AvgIpc) is 2.55. The first-order valence-electron chi connectivity index (χ1n) is 4.48. The topological polar surface area (TPSA) is 60.7 Å². The summed E-state index contributed by atoms with van der Waals surface area (Å²) in [7, 11) is 0. The fourth-order valence-electron chi connectivity index (χ4n) is 0.704. The third-order valence-electron chi connectivity index (χ3n) is 1.18. The van der Waals surface area contributed by atoms with E-state index in [4.69, 9.17) is 0 Å². The van der Waals surface area contributed by atoms with Crippen LogP contribution in [0.15, 0.2) is 0 Å². The summed E-state index contributed by atoms with van der Waals surface area (Å²) >= 11 is 0. The minimum Gasteiger partial charge on any atom is -0.300 e. The highest BCUT2D eigenvalue weighted by Crippen LogP contribution is 1.88. The first-order chi connectivity index (χ1) is 6.22. The van der Waals surface area contributed by atoms with Crippen LogP contribution in [0.2, 0.25) is 0 Å². The zero-order valence-electron chi connectivity index (χ0n) is 8.61. The third-order valence-corrected chi connectivity index (χ3v) is 1.18. The third kappa shape index (κ3) is 4.35. The van der Waals surface area contributed by atoms with Gasteiger partial charge in [0.2, 0.25) is 0 Å². The quantitative estimate of drug-likeness (QED) is 0.698. The Bertz CT molecular complexity index is 256. The molecule has 0 N–H and O–H groups in total. The molecule has 0 amide bonds. The molecule has 1 heterocycles. The Morgan fingerprint density at radius 1 is 1.46 bits per heavy atom. The molecule has 5 nitrogen and oxygen atoms in total. The van der Waals surface area contributed by atoms with Gasteiger partial charge in [0, 0.05) is 0 Å². The van der Waals surface area contributed by atoms with Gasteiger partial charge < -0.3 is 0 Å². The van der Waals surface area contributed by atoms with Crippen molar-refractivity contribution in [1.82, 2.24) is 20.2 Å². The molecule has 0 spiro atoms. The van der Waals surface area contributed by atoms with Gasteiger partial charge in [-0.3, -0.25) is 4.79 Å². The number of nitrogens with zero attached hydrogens (tertiary/aromatic N) is 4. The Morgan fingerprint density at radius 2 is 2.08 bits per heavy atom. The molecule has 0 aliphatic carbocycles. The van der Waals surface area contributed by atoms with Gasteiger partial charge in [-0.2, -0.15) is 4.80 Å². The Hall–Kier alpha value is -1.26. The lowest BCUT2D eigenvalue weighted by atomic mass is 10.3. The van der Waals surface area contributed by atoms with Gasteiger partial charge in [-0.25, -0.2) is 0 Å². The second-order valence-electron chi connectivity index (χ2n) is 2.27. The lowest BCUT2D eigenvalue weighted by Gasteiger charge is -1.86. The number of tetrazole rings is 1. The van der Waals surface area contributed by atoms with Crippen molar-refractivity contribution < 1.29 is 4.79 Å². The molecule has 5 heteroatoms. The number of ketones is 1. The highest BCUT2D eigenvalue weighted by atomic mass is 16.1. The second kappa shape index (κ2) is 6.28. The zero-order chi connectivity index (χ0) is 10.3. The van der Waals surface area contributed by atoms with Gasteiger partial charge in [-0.1, -0.05) is 13.8 Å². The molecule has 0 saturated heterocycles. The average molecular weight is 184 g/mol. The number of aromatic nitrogens is 4. The molecule has 0 saturated carbocycles. The minimum atomic E-state index is 0.0562. The summed E-state index contributed by atoms with van der Waals surface area (Å²) in [5, 5.41) is 11.3. The summed E-state index contributed by atoms with van der Waals surface area (Å²) in [5.74, 6) is 0.556. The number of carbonyl (C=O) groups excluding carboxylic acids is 1. The first-order valence-corrected chi connectivity index (χ1v) is 4.48. The van der Waals surface area contributed by atoms with E-state index in [0.717, 1.165) is 0 Å².